The first-order valence-corrected chi connectivity index (χ1v) is 6.81. The lowest BCUT2D eigenvalue weighted by Gasteiger charge is -2.21. The zero-order valence-corrected chi connectivity index (χ0v) is 11.1. The maximum absolute atomic E-state index is 12.2. The van der Waals surface area contributed by atoms with Gasteiger partial charge in [0.05, 0.1) is 4.75 Å². The number of rotatable bonds is 2. The van der Waals surface area contributed by atoms with Gasteiger partial charge in [0.25, 0.3) is 0 Å². The van der Waals surface area contributed by atoms with E-state index in [4.69, 9.17) is 5.73 Å². The predicted molar refractivity (Wildman–Crippen MR) is 74.3 cm³/mol. The van der Waals surface area contributed by atoms with E-state index >= 15 is 0 Å². The summed E-state index contributed by atoms with van der Waals surface area (Å²) >= 11 is 1.74. The number of hydrogen-bond donors (Lipinski definition) is 2. The van der Waals surface area contributed by atoms with E-state index in [1.54, 1.807) is 11.8 Å². The van der Waals surface area contributed by atoms with E-state index in [0.29, 0.717) is 0 Å². The Bertz CT molecular complexity index is 439. The summed E-state index contributed by atoms with van der Waals surface area (Å²) in [5.41, 5.74) is 8.33. The van der Waals surface area contributed by atoms with Gasteiger partial charge in [-0.05, 0) is 56.2 Å². The molecule has 0 bridgehead atoms. The molecule has 3 N–H and O–H groups in total. The van der Waals surface area contributed by atoms with E-state index in [0.717, 1.165) is 35.5 Å². The van der Waals surface area contributed by atoms with Gasteiger partial charge in [0.2, 0.25) is 5.91 Å². The molecule has 1 aromatic rings. The lowest BCUT2D eigenvalue weighted by Crippen LogP contribution is -2.34. The monoisotopic (exact) mass is 250 g/mol. The van der Waals surface area contributed by atoms with Crippen molar-refractivity contribution in [2.45, 2.75) is 31.4 Å². The van der Waals surface area contributed by atoms with Crippen molar-refractivity contribution in [1.29, 1.82) is 0 Å². The fourth-order valence-electron chi connectivity index (χ4n) is 1.97. The number of amides is 1. The van der Waals surface area contributed by atoms with Crippen molar-refractivity contribution in [3.63, 3.8) is 0 Å². The van der Waals surface area contributed by atoms with Crippen LogP contribution in [-0.2, 0) is 4.79 Å². The van der Waals surface area contributed by atoms with Crippen LogP contribution in [0.5, 0.6) is 0 Å². The molecule has 92 valence electrons. The van der Waals surface area contributed by atoms with E-state index in [9.17, 15) is 4.79 Å². The molecule has 0 radical (unpaired) electrons. The Labute approximate surface area is 106 Å². The van der Waals surface area contributed by atoms with E-state index in [1.165, 1.54) is 0 Å². The zero-order chi connectivity index (χ0) is 12.5. The van der Waals surface area contributed by atoms with Crippen LogP contribution in [-0.4, -0.2) is 16.4 Å². The predicted octanol–water partition coefficient (Wildman–Crippen LogP) is 2.80. The Morgan fingerprint density at radius 1 is 1.53 bits per heavy atom. The third-order valence-corrected chi connectivity index (χ3v) is 4.75. The molecule has 2 rings (SSSR count). The highest BCUT2D eigenvalue weighted by molar-refractivity contribution is 8.01. The van der Waals surface area contributed by atoms with Gasteiger partial charge in [-0.1, -0.05) is 0 Å². The topological polar surface area (TPSA) is 55.1 Å². The highest BCUT2D eigenvalue weighted by Crippen LogP contribution is 2.38. The molecule has 1 amide bonds. The zero-order valence-electron chi connectivity index (χ0n) is 10.2. The maximum Gasteiger partial charge on any atom is 0.240 e. The molecule has 1 aliphatic rings. The van der Waals surface area contributed by atoms with Crippen molar-refractivity contribution in [1.82, 2.24) is 0 Å². The van der Waals surface area contributed by atoms with Crippen molar-refractivity contribution in [2.24, 2.45) is 0 Å². The van der Waals surface area contributed by atoms with Crippen LogP contribution >= 0.6 is 11.8 Å². The molecular formula is C13H18N2OS. The van der Waals surface area contributed by atoms with Gasteiger partial charge in [-0.3, -0.25) is 4.79 Å². The Kier molecular flexibility index (Phi) is 3.33. The van der Waals surface area contributed by atoms with Crippen LogP contribution in [0.15, 0.2) is 18.2 Å². The third kappa shape index (κ3) is 2.57. The molecule has 0 spiro atoms. The van der Waals surface area contributed by atoms with Crippen LogP contribution in [0, 0.1) is 6.92 Å². The molecule has 0 saturated carbocycles. The SMILES string of the molecule is Cc1cc(NC(=O)C2(C)CCCS2)ccc1N. The minimum absolute atomic E-state index is 0.101. The number of aryl methyl sites for hydroxylation is 1. The molecule has 0 aromatic heterocycles. The summed E-state index contributed by atoms with van der Waals surface area (Å²) in [6.45, 7) is 3.96. The number of nitrogen functional groups attached to an aromatic ring is 1. The molecule has 1 aromatic carbocycles. The number of benzene rings is 1. The summed E-state index contributed by atoms with van der Waals surface area (Å²) in [4.78, 5) is 12.2. The number of thioether (sulfide) groups is 1. The second-order valence-electron chi connectivity index (χ2n) is 4.71. The van der Waals surface area contributed by atoms with Crippen LogP contribution in [0.4, 0.5) is 11.4 Å². The Hall–Kier alpha value is -1.16. The van der Waals surface area contributed by atoms with Crippen molar-refractivity contribution in [2.75, 3.05) is 16.8 Å². The molecule has 1 heterocycles. The molecule has 1 unspecified atom stereocenters. The third-order valence-electron chi connectivity index (χ3n) is 3.23. The molecule has 4 heteroatoms. The van der Waals surface area contributed by atoms with Crippen LogP contribution < -0.4 is 11.1 Å². The van der Waals surface area contributed by atoms with Gasteiger partial charge in [0, 0.05) is 11.4 Å². The molecule has 1 atom stereocenters. The van der Waals surface area contributed by atoms with Crippen LogP contribution in [0.25, 0.3) is 0 Å². The first-order valence-electron chi connectivity index (χ1n) is 5.83. The van der Waals surface area contributed by atoms with Crippen LogP contribution in [0.2, 0.25) is 0 Å². The number of nitrogens with two attached hydrogens (primary N) is 1. The molecule has 1 fully saturated rings. The van der Waals surface area contributed by atoms with Crippen molar-refractivity contribution in [3.05, 3.63) is 23.8 Å². The highest BCUT2D eigenvalue weighted by atomic mass is 32.2. The first kappa shape index (κ1) is 12.3. The van der Waals surface area contributed by atoms with Gasteiger partial charge in [0.15, 0.2) is 0 Å². The fraction of sp³-hybridized carbons (Fsp3) is 0.462. The van der Waals surface area contributed by atoms with E-state index < -0.39 is 0 Å². The maximum atomic E-state index is 12.2. The first-order chi connectivity index (χ1) is 8.01. The van der Waals surface area contributed by atoms with E-state index in [-0.39, 0.29) is 10.7 Å². The average molecular weight is 250 g/mol. The molecular weight excluding hydrogens is 232 g/mol. The van der Waals surface area contributed by atoms with Gasteiger partial charge in [-0.25, -0.2) is 0 Å². The molecule has 17 heavy (non-hydrogen) atoms. The van der Waals surface area contributed by atoms with E-state index in [2.05, 4.69) is 5.32 Å². The van der Waals surface area contributed by atoms with Gasteiger partial charge in [0.1, 0.15) is 0 Å². The molecule has 1 aliphatic heterocycles. The second kappa shape index (κ2) is 4.61. The summed E-state index contributed by atoms with van der Waals surface area (Å²) in [5.74, 6) is 1.18. The Morgan fingerprint density at radius 2 is 2.29 bits per heavy atom. The summed E-state index contributed by atoms with van der Waals surface area (Å²) in [6, 6.07) is 5.59. The summed E-state index contributed by atoms with van der Waals surface area (Å²) in [6.07, 6.45) is 2.08. The number of carbonyl (C=O) groups excluding carboxylic acids is 1. The van der Waals surface area contributed by atoms with E-state index in [1.807, 2.05) is 32.0 Å². The Morgan fingerprint density at radius 3 is 2.88 bits per heavy atom. The summed E-state index contributed by atoms with van der Waals surface area (Å²) in [7, 11) is 0. The van der Waals surface area contributed by atoms with Crippen LogP contribution in [0.1, 0.15) is 25.3 Å². The minimum atomic E-state index is -0.269. The minimum Gasteiger partial charge on any atom is -0.399 e. The molecule has 1 saturated heterocycles. The number of nitrogens with one attached hydrogen (secondary N) is 1. The quantitative estimate of drug-likeness (QED) is 0.794. The second-order valence-corrected chi connectivity index (χ2v) is 6.31. The highest BCUT2D eigenvalue weighted by Gasteiger charge is 2.37. The van der Waals surface area contributed by atoms with Crippen molar-refractivity contribution >= 4 is 29.0 Å². The summed E-state index contributed by atoms with van der Waals surface area (Å²) < 4.78 is -0.269. The summed E-state index contributed by atoms with van der Waals surface area (Å²) in [5, 5.41) is 2.98. The smallest absolute Gasteiger partial charge is 0.240 e. The number of anilines is 2. The average Bonchev–Trinajstić information content (AvgIpc) is 2.72. The standard InChI is InChI=1S/C13H18N2OS/c1-9-8-10(4-5-11(9)14)15-12(16)13(2)6-3-7-17-13/h4-5,8H,3,6-7,14H2,1-2H3,(H,15,16). The number of hydrogen-bond acceptors (Lipinski definition) is 3. The molecule has 3 nitrogen and oxygen atoms in total. The lowest BCUT2D eigenvalue weighted by molar-refractivity contribution is -0.118. The van der Waals surface area contributed by atoms with Crippen LogP contribution in [0.3, 0.4) is 0 Å². The van der Waals surface area contributed by atoms with Crippen molar-refractivity contribution < 1.29 is 4.79 Å². The van der Waals surface area contributed by atoms with Gasteiger partial charge >= 0.3 is 0 Å². The van der Waals surface area contributed by atoms with Gasteiger partial charge < -0.3 is 11.1 Å². The lowest BCUT2D eigenvalue weighted by atomic mass is 10.0. The van der Waals surface area contributed by atoms with Gasteiger partial charge in [-0.15, -0.1) is 11.8 Å². The normalized spacial score (nSPS) is 23.6. The van der Waals surface area contributed by atoms with Crippen molar-refractivity contribution in [3.8, 4) is 0 Å². The number of carbonyl (C=O) groups is 1. The Balaban J connectivity index is 2.10. The van der Waals surface area contributed by atoms with Gasteiger partial charge in [-0.2, -0.15) is 0 Å². The largest absolute Gasteiger partial charge is 0.399 e. The fourth-order valence-corrected chi connectivity index (χ4v) is 3.18. The molecule has 0 aliphatic carbocycles.